The first kappa shape index (κ1) is 20.0. The van der Waals surface area contributed by atoms with Crippen molar-refractivity contribution in [3.63, 3.8) is 0 Å². The predicted octanol–water partition coefficient (Wildman–Crippen LogP) is 1.95. The van der Waals surface area contributed by atoms with Gasteiger partial charge in [-0.1, -0.05) is 12.8 Å². The Morgan fingerprint density at radius 2 is 1.75 bits per heavy atom. The molecular formula is C14H29Cl2N3O. The SMILES string of the molecule is CC(C(=O)NCC(N)C1CC1)N1CCCCCC1.Cl.Cl. The minimum atomic E-state index is -0.00509. The van der Waals surface area contributed by atoms with Gasteiger partial charge in [0.15, 0.2) is 0 Å². The zero-order valence-electron chi connectivity index (χ0n) is 12.3. The van der Waals surface area contributed by atoms with Crippen molar-refractivity contribution >= 4 is 30.7 Å². The summed E-state index contributed by atoms with van der Waals surface area (Å²) < 4.78 is 0. The number of nitrogens with two attached hydrogens (primary N) is 1. The van der Waals surface area contributed by atoms with Crippen LogP contribution >= 0.6 is 24.8 Å². The molecule has 6 heteroatoms. The van der Waals surface area contributed by atoms with Crippen molar-refractivity contribution in [1.82, 2.24) is 10.2 Å². The molecule has 2 fully saturated rings. The number of hydrogen-bond acceptors (Lipinski definition) is 3. The highest BCUT2D eigenvalue weighted by atomic mass is 35.5. The molecule has 0 aromatic heterocycles. The molecule has 4 nitrogen and oxygen atoms in total. The van der Waals surface area contributed by atoms with Gasteiger partial charge in [0.25, 0.3) is 0 Å². The standard InChI is InChI=1S/C14H27N3O.2ClH/c1-11(17-8-4-2-3-5-9-17)14(18)16-10-13(15)12-6-7-12;;/h11-13H,2-10,15H2,1H3,(H,16,18);2*1H. The Balaban J connectivity index is 0.00000180. The van der Waals surface area contributed by atoms with Crippen LogP contribution in [-0.4, -0.2) is 42.5 Å². The number of likely N-dealkylation sites (tertiary alicyclic amines) is 1. The molecule has 1 amide bonds. The van der Waals surface area contributed by atoms with Gasteiger partial charge in [0.05, 0.1) is 6.04 Å². The lowest BCUT2D eigenvalue weighted by atomic mass is 10.2. The minimum Gasteiger partial charge on any atom is -0.353 e. The Labute approximate surface area is 135 Å². The second kappa shape index (κ2) is 9.82. The van der Waals surface area contributed by atoms with Crippen LogP contribution in [-0.2, 0) is 4.79 Å². The van der Waals surface area contributed by atoms with Gasteiger partial charge in [-0.3, -0.25) is 9.69 Å². The van der Waals surface area contributed by atoms with Crippen LogP contribution in [0.15, 0.2) is 0 Å². The van der Waals surface area contributed by atoms with Gasteiger partial charge < -0.3 is 11.1 Å². The lowest BCUT2D eigenvalue weighted by Crippen LogP contribution is -2.48. The predicted molar refractivity (Wildman–Crippen MR) is 87.7 cm³/mol. The summed E-state index contributed by atoms with van der Waals surface area (Å²) in [6, 6.07) is 0.153. The minimum absolute atomic E-state index is 0. The van der Waals surface area contributed by atoms with Crippen LogP contribution in [0.4, 0.5) is 0 Å². The largest absolute Gasteiger partial charge is 0.353 e. The number of nitrogens with zero attached hydrogens (tertiary/aromatic N) is 1. The number of halogens is 2. The highest BCUT2D eigenvalue weighted by Gasteiger charge is 2.29. The summed E-state index contributed by atoms with van der Waals surface area (Å²) in [5, 5.41) is 3.02. The third-order valence-corrected chi connectivity index (χ3v) is 4.31. The van der Waals surface area contributed by atoms with E-state index in [1.165, 1.54) is 38.5 Å². The van der Waals surface area contributed by atoms with Crippen molar-refractivity contribution in [3.05, 3.63) is 0 Å². The molecule has 2 unspecified atom stereocenters. The topological polar surface area (TPSA) is 58.4 Å². The Hall–Kier alpha value is -0.0300. The van der Waals surface area contributed by atoms with Gasteiger partial charge in [-0.15, -0.1) is 24.8 Å². The monoisotopic (exact) mass is 325 g/mol. The second-order valence-electron chi connectivity index (χ2n) is 5.87. The molecule has 1 saturated carbocycles. The fourth-order valence-corrected chi connectivity index (χ4v) is 2.71. The fraction of sp³-hybridized carbons (Fsp3) is 0.929. The molecule has 0 radical (unpaired) electrons. The van der Waals surface area contributed by atoms with Crippen molar-refractivity contribution in [2.24, 2.45) is 11.7 Å². The first-order chi connectivity index (χ1) is 8.68. The molecule has 0 aromatic rings. The van der Waals surface area contributed by atoms with Gasteiger partial charge in [-0.05, 0) is 51.6 Å². The summed E-state index contributed by atoms with van der Waals surface area (Å²) in [5.74, 6) is 0.798. The Morgan fingerprint density at radius 1 is 1.20 bits per heavy atom. The molecule has 20 heavy (non-hydrogen) atoms. The van der Waals surface area contributed by atoms with Gasteiger partial charge in [0.2, 0.25) is 5.91 Å². The molecule has 1 aliphatic heterocycles. The first-order valence-corrected chi connectivity index (χ1v) is 7.46. The number of carbonyl (C=O) groups is 1. The normalized spacial score (nSPS) is 22.7. The molecule has 1 saturated heterocycles. The molecular weight excluding hydrogens is 297 g/mol. The number of rotatable bonds is 5. The molecule has 1 heterocycles. The van der Waals surface area contributed by atoms with Crippen LogP contribution in [0.1, 0.15) is 45.4 Å². The lowest BCUT2D eigenvalue weighted by molar-refractivity contribution is -0.125. The Kier molecular flexibility index (Phi) is 9.81. The fourth-order valence-electron chi connectivity index (χ4n) is 2.71. The summed E-state index contributed by atoms with van der Waals surface area (Å²) in [7, 11) is 0. The van der Waals surface area contributed by atoms with Gasteiger partial charge in [-0.2, -0.15) is 0 Å². The van der Waals surface area contributed by atoms with E-state index >= 15 is 0 Å². The second-order valence-corrected chi connectivity index (χ2v) is 5.87. The van der Waals surface area contributed by atoms with Crippen LogP contribution < -0.4 is 11.1 Å². The molecule has 0 aromatic carbocycles. The van der Waals surface area contributed by atoms with E-state index in [0.717, 1.165) is 13.1 Å². The van der Waals surface area contributed by atoms with E-state index < -0.39 is 0 Å². The highest BCUT2D eigenvalue weighted by molar-refractivity contribution is 5.85. The molecule has 1 aliphatic carbocycles. The maximum Gasteiger partial charge on any atom is 0.237 e. The Bertz CT molecular complexity index is 280. The molecule has 120 valence electrons. The zero-order chi connectivity index (χ0) is 13.0. The van der Waals surface area contributed by atoms with Gasteiger partial charge >= 0.3 is 0 Å². The first-order valence-electron chi connectivity index (χ1n) is 7.46. The van der Waals surface area contributed by atoms with E-state index in [1.54, 1.807) is 0 Å². The van der Waals surface area contributed by atoms with Gasteiger partial charge in [0.1, 0.15) is 0 Å². The number of amides is 1. The maximum atomic E-state index is 12.1. The van der Waals surface area contributed by atoms with E-state index in [1.807, 2.05) is 6.92 Å². The van der Waals surface area contributed by atoms with E-state index in [0.29, 0.717) is 12.5 Å². The molecule has 2 aliphatic rings. The van der Waals surface area contributed by atoms with Crippen molar-refractivity contribution in [2.75, 3.05) is 19.6 Å². The smallest absolute Gasteiger partial charge is 0.237 e. The van der Waals surface area contributed by atoms with Crippen LogP contribution in [0.2, 0.25) is 0 Å². The zero-order valence-corrected chi connectivity index (χ0v) is 14.0. The van der Waals surface area contributed by atoms with Crippen molar-refractivity contribution in [1.29, 1.82) is 0 Å². The average molecular weight is 326 g/mol. The number of nitrogens with one attached hydrogen (secondary N) is 1. The molecule has 0 bridgehead atoms. The Morgan fingerprint density at radius 3 is 2.25 bits per heavy atom. The highest BCUT2D eigenvalue weighted by Crippen LogP contribution is 2.31. The summed E-state index contributed by atoms with van der Waals surface area (Å²) >= 11 is 0. The van der Waals surface area contributed by atoms with E-state index in [2.05, 4.69) is 10.2 Å². The third-order valence-electron chi connectivity index (χ3n) is 4.31. The molecule has 2 atom stereocenters. The van der Waals surface area contributed by atoms with Crippen LogP contribution in [0, 0.1) is 5.92 Å². The van der Waals surface area contributed by atoms with Gasteiger partial charge in [-0.25, -0.2) is 0 Å². The summed E-state index contributed by atoms with van der Waals surface area (Å²) in [6.45, 7) is 4.78. The summed E-state index contributed by atoms with van der Waals surface area (Å²) in [5.41, 5.74) is 6.00. The molecule has 0 spiro atoms. The van der Waals surface area contributed by atoms with Crippen LogP contribution in [0.5, 0.6) is 0 Å². The van der Waals surface area contributed by atoms with Gasteiger partial charge in [0, 0.05) is 12.6 Å². The molecule has 2 rings (SSSR count). The van der Waals surface area contributed by atoms with Crippen molar-refractivity contribution in [2.45, 2.75) is 57.5 Å². The average Bonchev–Trinajstić information content (AvgIpc) is 3.19. The third kappa shape index (κ3) is 6.17. The number of carbonyl (C=O) groups excluding carboxylic acids is 1. The summed E-state index contributed by atoms with van der Waals surface area (Å²) in [6.07, 6.45) is 7.52. The van der Waals surface area contributed by atoms with Crippen LogP contribution in [0.25, 0.3) is 0 Å². The number of hydrogen-bond donors (Lipinski definition) is 2. The quantitative estimate of drug-likeness (QED) is 0.812. The summed E-state index contributed by atoms with van der Waals surface area (Å²) in [4.78, 5) is 14.4. The van der Waals surface area contributed by atoms with E-state index in [9.17, 15) is 4.79 Å². The van der Waals surface area contributed by atoms with Crippen molar-refractivity contribution < 1.29 is 4.79 Å². The van der Waals surface area contributed by atoms with E-state index in [-0.39, 0.29) is 42.8 Å². The lowest BCUT2D eigenvalue weighted by Gasteiger charge is -2.27. The van der Waals surface area contributed by atoms with Crippen LogP contribution in [0.3, 0.4) is 0 Å². The van der Waals surface area contributed by atoms with E-state index in [4.69, 9.17) is 5.73 Å². The molecule has 3 N–H and O–H groups in total. The van der Waals surface area contributed by atoms with Crippen molar-refractivity contribution in [3.8, 4) is 0 Å². The maximum absolute atomic E-state index is 12.1.